The fraction of sp³-hybridized carbons (Fsp3) is 0.280. The van der Waals surface area contributed by atoms with Crippen LogP contribution < -0.4 is 19.5 Å². The van der Waals surface area contributed by atoms with Gasteiger partial charge in [-0.25, -0.2) is 0 Å². The summed E-state index contributed by atoms with van der Waals surface area (Å²) in [6, 6.07) is 18.1. The first-order chi connectivity index (χ1) is 17.0. The number of alkyl halides is 7. The lowest BCUT2D eigenvalue weighted by Crippen LogP contribution is -2.33. The minimum absolute atomic E-state index is 0.249. The van der Waals surface area contributed by atoms with Crippen LogP contribution in [0.25, 0.3) is 11.1 Å². The van der Waals surface area contributed by atoms with Crippen LogP contribution in [-0.2, 0) is 0 Å². The van der Waals surface area contributed by atoms with E-state index in [0.717, 1.165) is 11.3 Å². The van der Waals surface area contributed by atoms with Gasteiger partial charge in [-0.3, -0.25) is 0 Å². The van der Waals surface area contributed by atoms with Gasteiger partial charge < -0.3 is 19.5 Å². The first kappa shape index (κ1) is 28.6. The minimum Gasteiger partial charge on any atom is -0.489 e. The van der Waals surface area contributed by atoms with Crippen molar-refractivity contribution in [3.63, 3.8) is 0 Å². The van der Waals surface area contributed by atoms with Crippen molar-refractivity contribution >= 4 is 5.69 Å². The van der Waals surface area contributed by atoms with Gasteiger partial charge in [0.25, 0.3) is 0 Å². The number of benzene rings is 3. The van der Waals surface area contributed by atoms with Crippen LogP contribution >= 0.6 is 0 Å². The lowest BCUT2D eigenvalue weighted by atomic mass is 10.0. The Morgan fingerprint density at radius 1 is 0.806 bits per heavy atom. The number of ether oxygens (including phenoxy) is 3. The molecule has 3 aromatic carbocycles. The van der Waals surface area contributed by atoms with Gasteiger partial charge in [-0.05, 0) is 35.9 Å². The van der Waals surface area contributed by atoms with E-state index in [1.807, 2.05) is 26.0 Å². The van der Waals surface area contributed by atoms with E-state index in [2.05, 4.69) is 14.8 Å². The Hall–Kier alpha value is -3.63. The Morgan fingerprint density at radius 3 is 2.08 bits per heavy atom. The highest BCUT2D eigenvalue weighted by Crippen LogP contribution is 2.39. The minimum atomic E-state index is -4.70. The Balaban J connectivity index is 0.000000262. The number of anilines is 1. The number of hydrogen-bond acceptors (Lipinski definition) is 4. The van der Waals surface area contributed by atoms with Gasteiger partial charge in [0.15, 0.2) is 0 Å². The van der Waals surface area contributed by atoms with Crippen molar-refractivity contribution in [2.24, 2.45) is 0 Å². The molecule has 1 aliphatic rings. The summed E-state index contributed by atoms with van der Waals surface area (Å²) >= 11 is 0. The maximum absolute atomic E-state index is 12.3. The van der Waals surface area contributed by atoms with Crippen molar-refractivity contribution in [2.75, 3.05) is 18.5 Å². The fourth-order valence-electron chi connectivity index (χ4n) is 2.95. The first-order valence-corrected chi connectivity index (χ1v) is 10.8. The molecule has 4 nitrogen and oxygen atoms in total. The highest BCUT2D eigenvalue weighted by molar-refractivity contribution is 5.79. The quantitative estimate of drug-likeness (QED) is 0.347. The van der Waals surface area contributed by atoms with Crippen LogP contribution in [0.1, 0.15) is 13.8 Å². The topological polar surface area (TPSA) is 39.7 Å². The van der Waals surface area contributed by atoms with Crippen LogP contribution in [0, 0.1) is 0 Å². The number of halogens is 7. The van der Waals surface area contributed by atoms with E-state index in [1.165, 1.54) is 42.5 Å². The van der Waals surface area contributed by atoms with Crippen LogP contribution in [0.5, 0.6) is 17.2 Å². The molecule has 3 aromatic rings. The van der Waals surface area contributed by atoms with Crippen molar-refractivity contribution in [1.29, 1.82) is 0 Å². The largest absolute Gasteiger partial charge is 0.573 e. The van der Waals surface area contributed by atoms with Gasteiger partial charge in [0, 0.05) is 12.1 Å². The summed E-state index contributed by atoms with van der Waals surface area (Å²) in [6.07, 6.45) is -13.0. The summed E-state index contributed by atoms with van der Waals surface area (Å²) in [5.74, 6) is 0.113. The molecule has 11 heteroatoms. The summed E-state index contributed by atoms with van der Waals surface area (Å²) in [5.41, 5.74) is 2.17. The molecular formula is C25H24F7NO3. The Bertz CT molecular complexity index is 1080. The molecular weight excluding hydrogens is 495 g/mol. The van der Waals surface area contributed by atoms with E-state index in [1.54, 1.807) is 18.2 Å². The van der Waals surface area contributed by atoms with E-state index < -0.39 is 18.9 Å². The Labute approximate surface area is 203 Å². The third-order valence-corrected chi connectivity index (χ3v) is 4.31. The predicted molar refractivity (Wildman–Crippen MR) is 122 cm³/mol. The second kappa shape index (κ2) is 12.9. The third-order valence-electron chi connectivity index (χ3n) is 4.31. The zero-order valence-electron chi connectivity index (χ0n) is 19.3. The normalized spacial score (nSPS) is 12.5. The Kier molecular flexibility index (Phi) is 10.2. The zero-order valence-corrected chi connectivity index (χ0v) is 19.3. The second-order valence-electron chi connectivity index (χ2n) is 6.81. The zero-order chi connectivity index (χ0) is 26.8. The van der Waals surface area contributed by atoms with Gasteiger partial charge in [-0.1, -0.05) is 56.3 Å². The summed E-state index contributed by atoms with van der Waals surface area (Å²) in [5, 5.41) is 3.19. The predicted octanol–water partition coefficient (Wildman–Crippen LogP) is 8.01. The average Bonchev–Trinajstić information content (AvgIpc) is 2.85. The van der Waals surface area contributed by atoms with Crippen LogP contribution in [0.2, 0.25) is 0 Å². The SMILES string of the molecule is CC.FC(F)(F)Oc1cccc(-c2cccc3c2OCCN3)c1.FC(F)C(F)(F)Oc1ccccc1. The van der Waals surface area contributed by atoms with Gasteiger partial charge in [-0.15, -0.1) is 13.2 Å². The maximum Gasteiger partial charge on any atom is 0.573 e. The molecule has 1 aliphatic heterocycles. The van der Waals surface area contributed by atoms with Gasteiger partial charge >= 0.3 is 18.9 Å². The van der Waals surface area contributed by atoms with E-state index in [4.69, 9.17) is 4.74 Å². The van der Waals surface area contributed by atoms with Gasteiger partial charge in [0.1, 0.15) is 23.9 Å². The summed E-state index contributed by atoms with van der Waals surface area (Å²) < 4.78 is 98.0. The summed E-state index contributed by atoms with van der Waals surface area (Å²) in [7, 11) is 0. The molecule has 4 rings (SSSR count). The first-order valence-electron chi connectivity index (χ1n) is 10.8. The van der Waals surface area contributed by atoms with E-state index in [0.29, 0.717) is 24.5 Å². The van der Waals surface area contributed by atoms with Crippen molar-refractivity contribution in [2.45, 2.75) is 32.7 Å². The molecule has 1 heterocycles. The number of rotatable bonds is 5. The molecule has 0 amide bonds. The number of hydrogen-bond donors (Lipinski definition) is 1. The monoisotopic (exact) mass is 519 g/mol. The number of para-hydroxylation sites is 2. The second-order valence-corrected chi connectivity index (χ2v) is 6.81. The van der Waals surface area contributed by atoms with E-state index in [9.17, 15) is 30.7 Å². The van der Waals surface area contributed by atoms with Crippen molar-refractivity contribution in [3.8, 4) is 28.4 Å². The molecule has 0 saturated carbocycles. The molecule has 36 heavy (non-hydrogen) atoms. The lowest BCUT2D eigenvalue weighted by molar-refractivity contribution is -0.274. The van der Waals surface area contributed by atoms with E-state index >= 15 is 0 Å². The molecule has 0 saturated heterocycles. The average molecular weight is 519 g/mol. The van der Waals surface area contributed by atoms with Crippen LogP contribution in [0.3, 0.4) is 0 Å². The Morgan fingerprint density at radius 2 is 1.44 bits per heavy atom. The van der Waals surface area contributed by atoms with Crippen LogP contribution in [0.4, 0.5) is 36.4 Å². The molecule has 0 aromatic heterocycles. The highest BCUT2D eigenvalue weighted by atomic mass is 19.4. The van der Waals surface area contributed by atoms with Crippen LogP contribution in [0.15, 0.2) is 72.8 Å². The highest BCUT2D eigenvalue weighted by Gasteiger charge is 2.43. The summed E-state index contributed by atoms with van der Waals surface area (Å²) in [6.45, 7) is 5.22. The molecule has 0 fully saturated rings. The molecule has 1 N–H and O–H groups in total. The third kappa shape index (κ3) is 8.54. The van der Waals surface area contributed by atoms with Crippen molar-refractivity contribution < 1.29 is 44.9 Å². The molecule has 0 spiro atoms. The molecule has 0 bridgehead atoms. The molecule has 0 atom stereocenters. The smallest absolute Gasteiger partial charge is 0.489 e. The standard InChI is InChI=1S/C15H12F3NO2.C8H6F4O.C2H6/c16-15(17,18)21-11-4-1-3-10(9-11)12-5-2-6-13-14(12)20-8-7-19-13;9-7(10)8(11,12)13-6-4-2-1-3-5-6;1-2/h1-6,9,19H,7-8H2;1-5,7H;1-2H3. The van der Waals surface area contributed by atoms with Crippen molar-refractivity contribution in [3.05, 3.63) is 72.8 Å². The maximum atomic E-state index is 12.3. The molecule has 196 valence electrons. The lowest BCUT2D eigenvalue weighted by Gasteiger charge is -2.22. The van der Waals surface area contributed by atoms with Crippen LogP contribution in [-0.4, -0.2) is 32.0 Å². The fourth-order valence-corrected chi connectivity index (χ4v) is 2.95. The molecule has 0 radical (unpaired) electrons. The van der Waals surface area contributed by atoms with E-state index in [-0.39, 0.29) is 11.5 Å². The molecule has 0 unspecified atom stereocenters. The number of nitrogens with one attached hydrogen (secondary N) is 1. The van der Waals surface area contributed by atoms with Gasteiger partial charge in [-0.2, -0.15) is 17.6 Å². The van der Waals surface area contributed by atoms with Crippen molar-refractivity contribution in [1.82, 2.24) is 0 Å². The van der Waals surface area contributed by atoms with Gasteiger partial charge in [0.2, 0.25) is 0 Å². The molecule has 0 aliphatic carbocycles. The number of fused-ring (bicyclic) bond motifs is 1. The van der Waals surface area contributed by atoms with Gasteiger partial charge in [0.05, 0.1) is 5.69 Å². The summed E-state index contributed by atoms with van der Waals surface area (Å²) in [4.78, 5) is 0.